The fourth-order valence-corrected chi connectivity index (χ4v) is 2.64. The number of nitriles is 1. The number of anilines is 1. The van der Waals surface area contributed by atoms with Gasteiger partial charge in [-0.2, -0.15) is 5.26 Å². The second-order valence-electron chi connectivity index (χ2n) is 5.14. The van der Waals surface area contributed by atoms with Gasteiger partial charge in [0.1, 0.15) is 11.9 Å². The first kappa shape index (κ1) is 12.8. The normalized spacial score (nSPS) is 16.1. The maximum absolute atomic E-state index is 9.58. The summed E-state index contributed by atoms with van der Waals surface area (Å²) in [6, 6.07) is 14.2. The first-order valence-corrected chi connectivity index (χ1v) is 6.89. The summed E-state index contributed by atoms with van der Waals surface area (Å²) in [5.74, 6) is 0.873. The topological polar surface area (TPSA) is 63.0 Å². The third-order valence-corrected chi connectivity index (χ3v) is 3.78. The van der Waals surface area contributed by atoms with Gasteiger partial charge in [-0.05, 0) is 24.5 Å². The van der Waals surface area contributed by atoms with Crippen LogP contribution in [0.1, 0.15) is 18.4 Å². The molecule has 102 valence electrons. The van der Waals surface area contributed by atoms with E-state index in [2.05, 4.69) is 16.0 Å². The van der Waals surface area contributed by atoms with Crippen LogP contribution in [0.3, 0.4) is 0 Å². The van der Waals surface area contributed by atoms with Gasteiger partial charge in [0.2, 0.25) is 0 Å². The Kier molecular flexibility index (Phi) is 3.44. The summed E-state index contributed by atoms with van der Waals surface area (Å²) in [7, 11) is 0. The molecule has 0 bridgehead atoms. The standard InChI is InChI=1S/C16H17N3O/c17-11-13-10-15(12-4-2-1-3-5-12)18-16(13)19-8-6-14(20)7-9-19/h1-5,10,14,18,20H,6-9H2. The van der Waals surface area contributed by atoms with E-state index in [1.807, 2.05) is 36.4 Å². The van der Waals surface area contributed by atoms with Crippen LogP contribution in [-0.4, -0.2) is 29.3 Å². The summed E-state index contributed by atoms with van der Waals surface area (Å²) in [6.07, 6.45) is 1.30. The molecule has 4 heteroatoms. The summed E-state index contributed by atoms with van der Waals surface area (Å²) in [5.41, 5.74) is 2.70. The number of nitrogens with zero attached hydrogens (tertiary/aromatic N) is 2. The molecular weight excluding hydrogens is 250 g/mol. The van der Waals surface area contributed by atoms with Gasteiger partial charge in [-0.3, -0.25) is 0 Å². The Morgan fingerprint density at radius 3 is 2.55 bits per heavy atom. The minimum absolute atomic E-state index is 0.208. The third-order valence-electron chi connectivity index (χ3n) is 3.78. The molecule has 0 aliphatic carbocycles. The number of nitrogens with one attached hydrogen (secondary N) is 1. The lowest BCUT2D eigenvalue weighted by atomic mass is 10.1. The largest absolute Gasteiger partial charge is 0.393 e. The van der Waals surface area contributed by atoms with Crippen LogP contribution < -0.4 is 4.90 Å². The monoisotopic (exact) mass is 267 g/mol. The second-order valence-corrected chi connectivity index (χ2v) is 5.14. The predicted octanol–water partition coefficient (Wildman–Crippen LogP) is 2.51. The van der Waals surface area contributed by atoms with Crippen LogP contribution in [0.2, 0.25) is 0 Å². The zero-order valence-electron chi connectivity index (χ0n) is 11.2. The van der Waals surface area contributed by atoms with E-state index in [9.17, 15) is 10.4 Å². The molecule has 1 aromatic heterocycles. The molecule has 0 saturated carbocycles. The first-order valence-electron chi connectivity index (χ1n) is 6.89. The fraction of sp³-hybridized carbons (Fsp3) is 0.312. The van der Waals surface area contributed by atoms with E-state index in [-0.39, 0.29) is 6.10 Å². The number of H-pyrrole nitrogens is 1. The summed E-state index contributed by atoms with van der Waals surface area (Å²) < 4.78 is 0. The van der Waals surface area contributed by atoms with Crippen molar-refractivity contribution in [3.05, 3.63) is 42.0 Å². The quantitative estimate of drug-likeness (QED) is 0.878. The number of hydrogen-bond acceptors (Lipinski definition) is 3. The molecule has 0 spiro atoms. The van der Waals surface area contributed by atoms with Crippen molar-refractivity contribution in [2.45, 2.75) is 18.9 Å². The van der Waals surface area contributed by atoms with Crippen LogP contribution in [0, 0.1) is 11.3 Å². The van der Waals surface area contributed by atoms with Gasteiger partial charge in [0.15, 0.2) is 0 Å². The smallest absolute Gasteiger partial charge is 0.124 e. The van der Waals surface area contributed by atoms with Crippen molar-refractivity contribution in [1.82, 2.24) is 4.98 Å². The fourth-order valence-electron chi connectivity index (χ4n) is 2.64. The van der Waals surface area contributed by atoms with Gasteiger partial charge in [-0.1, -0.05) is 30.3 Å². The molecular formula is C16H17N3O. The third kappa shape index (κ3) is 2.40. The average molecular weight is 267 g/mol. The van der Waals surface area contributed by atoms with Crippen molar-refractivity contribution >= 4 is 5.82 Å². The highest BCUT2D eigenvalue weighted by atomic mass is 16.3. The number of aliphatic hydroxyl groups is 1. The molecule has 2 N–H and O–H groups in total. The van der Waals surface area contributed by atoms with Crippen molar-refractivity contribution in [3.8, 4) is 17.3 Å². The summed E-state index contributed by atoms with van der Waals surface area (Å²) in [6.45, 7) is 1.56. The van der Waals surface area contributed by atoms with Crippen LogP contribution in [0.25, 0.3) is 11.3 Å². The molecule has 3 rings (SSSR count). The van der Waals surface area contributed by atoms with Gasteiger partial charge < -0.3 is 15.0 Å². The minimum atomic E-state index is -0.208. The Labute approximate surface area is 118 Å². The van der Waals surface area contributed by atoms with Crippen molar-refractivity contribution in [3.63, 3.8) is 0 Å². The molecule has 1 fully saturated rings. The number of aliphatic hydroxyl groups excluding tert-OH is 1. The zero-order chi connectivity index (χ0) is 13.9. The van der Waals surface area contributed by atoms with E-state index in [0.29, 0.717) is 5.56 Å². The van der Waals surface area contributed by atoms with Gasteiger partial charge in [-0.25, -0.2) is 0 Å². The zero-order valence-corrected chi connectivity index (χ0v) is 11.2. The number of benzene rings is 1. The SMILES string of the molecule is N#Cc1cc(-c2ccccc2)[nH]c1N1CCC(O)CC1. The highest BCUT2D eigenvalue weighted by Crippen LogP contribution is 2.28. The van der Waals surface area contributed by atoms with Gasteiger partial charge in [0, 0.05) is 18.8 Å². The maximum Gasteiger partial charge on any atom is 0.124 e. The Balaban J connectivity index is 1.92. The Morgan fingerprint density at radius 1 is 1.20 bits per heavy atom. The van der Waals surface area contributed by atoms with Crippen LogP contribution in [0.5, 0.6) is 0 Å². The van der Waals surface area contributed by atoms with E-state index in [0.717, 1.165) is 43.0 Å². The van der Waals surface area contributed by atoms with Crippen LogP contribution >= 0.6 is 0 Å². The van der Waals surface area contributed by atoms with Gasteiger partial charge >= 0.3 is 0 Å². The highest BCUT2D eigenvalue weighted by molar-refractivity contribution is 5.69. The maximum atomic E-state index is 9.58. The van der Waals surface area contributed by atoms with Crippen molar-refractivity contribution in [2.24, 2.45) is 0 Å². The molecule has 0 amide bonds. The Hall–Kier alpha value is -2.25. The van der Waals surface area contributed by atoms with E-state index < -0.39 is 0 Å². The van der Waals surface area contributed by atoms with Crippen LogP contribution in [-0.2, 0) is 0 Å². The van der Waals surface area contributed by atoms with Gasteiger partial charge in [0.05, 0.1) is 11.7 Å². The minimum Gasteiger partial charge on any atom is -0.393 e. The summed E-state index contributed by atoms with van der Waals surface area (Å²) in [4.78, 5) is 5.51. The average Bonchev–Trinajstić information content (AvgIpc) is 2.93. The lowest BCUT2D eigenvalue weighted by Gasteiger charge is -2.30. The van der Waals surface area contributed by atoms with Crippen molar-refractivity contribution < 1.29 is 5.11 Å². The van der Waals surface area contributed by atoms with E-state index in [1.54, 1.807) is 0 Å². The molecule has 1 aliphatic heterocycles. The Bertz CT molecular complexity index is 619. The molecule has 0 radical (unpaired) electrons. The molecule has 1 aliphatic rings. The van der Waals surface area contributed by atoms with Gasteiger partial charge in [0.25, 0.3) is 0 Å². The lowest BCUT2D eigenvalue weighted by molar-refractivity contribution is 0.145. The summed E-state index contributed by atoms with van der Waals surface area (Å²) >= 11 is 0. The molecule has 0 atom stereocenters. The van der Waals surface area contributed by atoms with Gasteiger partial charge in [-0.15, -0.1) is 0 Å². The van der Waals surface area contributed by atoms with E-state index in [1.165, 1.54) is 0 Å². The molecule has 20 heavy (non-hydrogen) atoms. The predicted molar refractivity (Wildman–Crippen MR) is 78.4 cm³/mol. The van der Waals surface area contributed by atoms with Crippen molar-refractivity contribution in [1.29, 1.82) is 5.26 Å². The van der Waals surface area contributed by atoms with Crippen LogP contribution in [0.15, 0.2) is 36.4 Å². The number of rotatable bonds is 2. The highest BCUT2D eigenvalue weighted by Gasteiger charge is 2.21. The first-order chi connectivity index (χ1) is 9.78. The number of aromatic nitrogens is 1. The van der Waals surface area contributed by atoms with Crippen LogP contribution in [0.4, 0.5) is 5.82 Å². The Morgan fingerprint density at radius 2 is 1.90 bits per heavy atom. The number of hydrogen-bond donors (Lipinski definition) is 2. The molecule has 1 saturated heterocycles. The van der Waals surface area contributed by atoms with E-state index in [4.69, 9.17) is 0 Å². The van der Waals surface area contributed by atoms with Crippen molar-refractivity contribution in [2.75, 3.05) is 18.0 Å². The number of piperidine rings is 1. The van der Waals surface area contributed by atoms with E-state index >= 15 is 0 Å². The second kappa shape index (κ2) is 5.40. The molecule has 2 aromatic rings. The molecule has 2 heterocycles. The molecule has 4 nitrogen and oxygen atoms in total. The summed E-state index contributed by atoms with van der Waals surface area (Å²) in [5, 5.41) is 18.9. The molecule has 1 aromatic carbocycles. The number of aromatic amines is 1. The lowest BCUT2D eigenvalue weighted by Crippen LogP contribution is -2.36. The molecule has 0 unspecified atom stereocenters.